The Morgan fingerprint density at radius 2 is 1.81 bits per heavy atom. The second-order valence-corrected chi connectivity index (χ2v) is 7.29. The van der Waals surface area contributed by atoms with Crippen molar-refractivity contribution < 1.29 is 0 Å². The van der Waals surface area contributed by atoms with Crippen molar-refractivity contribution in [2.45, 2.75) is 13.0 Å². The maximum atomic E-state index is 4.73. The molecule has 0 saturated carbocycles. The van der Waals surface area contributed by atoms with Gasteiger partial charge < -0.3 is 10.2 Å². The zero-order valence-corrected chi connectivity index (χ0v) is 17.6. The van der Waals surface area contributed by atoms with E-state index >= 15 is 0 Å². The maximum absolute atomic E-state index is 4.73. The molecule has 4 rings (SSSR count). The normalized spacial score (nSPS) is 11.8. The van der Waals surface area contributed by atoms with Crippen LogP contribution in [0.25, 0.3) is 16.9 Å². The van der Waals surface area contributed by atoms with E-state index in [0.29, 0.717) is 5.95 Å². The van der Waals surface area contributed by atoms with Crippen LogP contribution in [-0.4, -0.2) is 32.6 Å². The van der Waals surface area contributed by atoms with E-state index in [9.17, 15) is 0 Å². The summed E-state index contributed by atoms with van der Waals surface area (Å²) in [6, 6.07) is 18.4. The summed E-state index contributed by atoms with van der Waals surface area (Å²) in [7, 11) is 0. The second-order valence-electron chi connectivity index (χ2n) is 7.29. The van der Waals surface area contributed by atoms with Crippen molar-refractivity contribution >= 4 is 22.7 Å². The molecule has 0 radical (unpaired) electrons. The maximum Gasteiger partial charge on any atom is 0.225 e. The summed E-state index contributed by atoms with van der Waals surface area (Å²) in [5, 5.41) is 3.39. The monoisotopic (exact) mass is 410 g/mol. The molecule has 6 heteroatoms. The quantitative estimate of drug-likeness (QED) is 0.386. The minimum Gasteiger partial charge on any atom is -0.364 e. The smallest absolute Gasteiger partial charge is 0.225 e. The summed E-state index contributed by atoms with van der Waals surface area (Å²) in [5.74, 6) is 1.34. The van der Waals surface area contributed by atoms with Gasteiger partial charge in [-0.15, -0.1) is 13.2 Å². The van der Waals surface area contributed by atoms with E-state index < -0.39 is 0 Å². The molecule has 2 heterocycles. The van der Waals surface area contributed by atoms with Gasteiger partial charge in [0.2, 0.25) is 5.95 Å². The van der Waals surface area contributed by atoms with E-state index in [-0.39, 0.29) is 6.04 Å². The SMILES string of the molecule is C=CCN(CC=C)c1ccc2ncn(-c3ccnc(N[C@@H](C)c4ccccc4)n3)c2c1. The number of nitrogens with zero attached hydrogens (tertiary/aromatic N) is 5. The lowest BCUT2D eigenvalue weighted by Crippen LogP contribution is -2.22. The number of nitrogens with one attached hydrogen (secondary N) is 1. The fourth-order valence-electron chi connectivity index (χ4n) is 3.54. The Hall–Kier alpha value is -3.93. The van der Waals surface area contributed by atoms with Crippen molar-refractivity contribution in [1.82, 2.24) is 19.5 Å². The predicted octanol–water partition coefficient (Wildman–Crippen LogP) is 5.17. The average molecular weight is 411 g/mol. The molecule has 2 aromatic carbocycles. The molecule has 0 aliphatic carbocycles. The number of fused-ring (bicyclic) bond motifs is 1. The minimum atomic E-state index is 0.0916. The largest absolute Gasteiger partial charge is 0.364 e. The second kappa shape index (κ2) is 9.26. The number of hydrogen-bond acceptors (Lipinski definition) is 5. The number of anilines is 2. The molecule has 4 aromatic rings. The summed E-state index contributed by atoms with van der Waals surface area (Å²) in [6.07, 6.45) is 7.34. The highest BCUT2D eigenvalue weighted by Gasteiger charge is 2.12. The molecular formula is C25H26N6. The fourth-order valence-corrected chi connectivity index (χ4v) is 3.54. The van der Waals surface area contributed by atoms with Gasteiger partial charge in [0, 0.05) is 25.0 Å². The van der Waals surface area contributed by atoms with Crippen LogP contribution < -0.4 is 10.2 Å². The van der Waals surface area contributed by atoms with Crippen molar-refractivity contribution in [3.8, 4) is 5.82 Å². The molecule has 0 aliphatic heterocycles. The lowest BCUT2D eigenvalue weighted by Gasteiger charge is -2.21. The Morgan fingerprint density at radius 1 is 1.03 bits per heavy atom. The molecule has 1 atom stereocenters. The van der Waals surface area contributed by atoms with Crippen molar-refractivity contribution in [1.29, 1.82) is 0 Å². The first-order valence-electron chi connectivity index (χ1n) is 10.3. The Kier molecular flexibility index (Phi) is 6.08. The van der Waals surface area contributed by atoms with Crippen molar-refractivity contribution in [2.75, 3.05) is 23.3 Å². The standard InChI is InChI=1S/C25H26N6/c1-4-15-30(16-5-2)21-11-12-22-23(17-21)31(18-27-22)24-13-14-26-25(29-24)28-19(3)20-9-7-6-8-10-20/h4-14,17-19H,1-2,15-16H2,3H3,(H,26,28,29)/t19-/m0/s1. The van der Waals surface area contributed by atoms with Gasteiger partial charge in [0.25, 0.3) is 0 Å². The molecule has 0 spiro atoms. The van der Waals surface area contributed by atoms with Gasteiger partial charge in [0.05, 0.1) is 17.1 Å². The number of benzene rings is 2. The summed E-state index contributed by atoms with van der Waals surface area (Å²) < 4.78 is 1.98. The molecular weight excluding hydrogens is 384 g/mol. The van der Waals surface area contributed by atoms with Crippen LogP contribution in [0.15, 0.2) is 92.4 Å². The molecule has 6 nitrogen and oxygen atoms in total. The third kappa shape index (κ3) is 4.48. The molecule has 0 fully saturated rings. The summed E-state index contributed by atoms with van der Waals surface area (Å²) >= 11 is 0. The van der Waals surface area contributed by atoms with Crippen molar-refractivity contribution in [3.63, 3.8) is 0 Å². The molecule has 2 aromatic heterocycles. The van der Waals surface area contributed by atoms with Gasteiger partial charge in [0.1, 0.15) is 12.1 Å². The number of rotatable bonds is 9. The first-order chi connectivity index (χ1) is 15.2. The Bertz CT molecular complexity index is 1170. The molecule has 0 amide bonds. The van der Waals surface area contributed by atoms with Crippen LogP contribution in [0, 0.1) is 0 Å². The Morgan fingerprint density at radius 3 is 2.55 bits per heavy atom. The van der Waals surface area contributed by atoms with Crippen molar-refractivity contribution in [3.05, 3.63) is 98.0 Å². The predicted molar refractivity (Wildman–Crippen MR) is 128 cm³/mol. The van der Waals surface area contributed by atoms with Crippen LogP contribution in [-0.2, 0) is 0 Å². The number of aromatic nitrogens is 4. The number of imidazole rings is 1. The molecule has 1 N–H and O–H groups in total. The number of hydrogen-bond donors (Lipinski definition) is 1. The van der Waals surface area contributed by atoms with E-state index in [4.69, 9.17) is 4.98 Å². The molecule has 0 unspecified atom stereocenters. The molecule has 156 valence electrons. The zero-order chi connectivity index (χ0) is 21.6. The highest BCUT2D eigenvalue weighted by molar-refractivity contribution is 5.81. The fraction of sp³-hybridized carbons (Fsp3) is 0.160. The van der Waals surface area contributed by atoms with Crippen LogP contribution in [0.5, 0.6) is 0 Å². The minimum absolute atomic E-state index is 0.0916. The highest BCUT2D eigenvalue weighted by Crippen LogP contribution is 2.24. The van der Waals surface area contributed by atoms with Gasteiger partial charge in [-0.25, -0.2) is 9.97 Å². The van der Waals surface area contributed by atoms with Crippen LogP contribution >= 0.6 is 0 Å². The van der Waals surface area contributed by atoms with Gasteiger partial charge >= 0.3 is 0 Å². The van der Waals surface area contributed by atoms with Gasteiger partial charge in [-0.1, -0.05) is 42.5 Å². The van der Waals surface area contributed by atoms with Crippen LogP contribution in [0.1, 0.15) is 18.5 Å². The third-order valence-corrected chi connectivity index (χ3v) is 5.13. The van der Waals surface area contributed by atoms with Gasteiger partial charge in [-0.3, -0.25) is 4.57 Å². The Balaban J connectivity index is 1.65. The molecule has 0 bridgehead atoms. The molecule has 0 saturated heterocycles. The topological polar surface area (TPSA) is 58.9 Å². The van der Waals surface area contributed by atoms with Gasteiger partial charge in [0.15, 0.2) is 0 Å². The average Bonchev–Trinajstić information content (AvgIpc) is 3.23. The molecule has 31 heavy (non-hydrogen) atoms. The van der Waals surface area contributed by atoms with E-state index in [1.807, 2.05) is 47.1 Å². The first kappa shape index (κ1) is 20.3. The van der Waals surface area contributed by atoms with Crippen LogP contribution in [0.3, 0.4) is 0 Å². The molecule has 0 aliphatic rings. The zero-order valence-electron chi connectivity index (χ0n) is 17.6. The van der Waals surface area contributed by atoms with Crippen molar-refractivity contribution in [2.24, 2.45) is 0 Å². The third-order valence-electron chi connectivity index (χ3n) is 5.13. The summed E-state index contributed by atoms with van der Waals surface area (Å²) in [6.45, 7) is 11.3. The van der Waals surface area contributed by atoms with Gasteiger partial charge in [-0.05, 0) is 36.8 Å². The van der Waals surface area contributed by atoms with E-state index in [1.54, 1.807) is 12.5 Å². The lowest BCUT2D eigenvalue weighted by atomic mass is 10.1. The first-order valence-corrected chi connectivity index (χ1v) is 10.3. The van der Waals surface area contributed by atoms with E-state index in [2.05, 4.69) is 64.5 Å². The lowest BCUT2D eigenvalue weighted by molar-refractivity contribution is 0.854. The summed E-state index contributed by atoms with van der Waals surface area (Å²) in [4.78, 5) is 15.9. The van der Waals surface area contributed by atoms with Gasteiger partial charge in [-0.2, -0.15) is 4.98 Å². The van der Waals surface area contributed by atoms with E-state index in [1.165, 1.54) is 5.56 Å². The summed E-state index contributed by atoms with van der Waals surface area (Å²) in [5.41, 5.74) is 4.15. The van der Waals surface area contributed by atoms with Crippen LogP contribution in [0.2, 0.25) is 0 Å². The van der Waals surface area contributed by atoms with E-state index in [0.717, 1.165) is 35.6 Å². The Labute approximate surface area is 182 Å². The highest BCUT2D eigenvalue weighted by atomic mass is 15.2. The van der Waals surface area contributed by atoms with Crippen LogP contribution in [0.4, 0.5) is 11.6 Å².